The highest BCUT2D eigenvalue weighted by atomic mass is 16.5. The summed E-state index contributed by atoms with van der Waals surface area (Å²) in [6.45, 7) is 7.58. The first-order chi connectivity index (χ1) is 9.63. The van der Waals surface area contributed by atoms with E-state index < -0.39 is 0 Å². The third kappa shape index (κ3) is 3.39. The standard InChI is InChI=1S/C16H23N3O/c1-4-14-10-15(19(5-2)18-14)11-20-16-8-6-13(7-9-16)12(3)17/h6-10,12H,4-5,11,17H2,1-3H3/t12-/m0/s1. The predicted molar refractivity (Wildman–Crippen MR) is 80.7 cm³/mol. The molecule has 1 aromatic carbocycles. The van der Waals surface area contributed by atoms with Crippen LogP contribution in [0.3, 0.4) is 0 Å². The third-order valence-corrected chi connectivity index (χ3v) is 3.37. The van der Waals surface area contributed by atoms with Crippen molar-refractivity contribution in [3.8, 4) is 5.75 Å². The molecule has 0 saturated carbocycles. The second-order valence-electron chi connectivity index (χ2n) is 4.94. The zero-order valence-corrected chi connectivity index (χ0v) is 12.5. The Kier molecular flexibility index (Phi) is 4.79. The molecule has 1 atom stereocenters. The molecule has 0 bridgehead atoms. The zero-order valence-electron chi connectivity index (χ0n) is 12.5. The quantitative estimate of drug-likeness (QED) is 0.880. The van der Waals surface area contributed by atoms with Crippen molar-refractivity contribution in [1.82, 2.24) is 9.78 Å². The molecule has 108 valence electrons. The summed E-state index contributed by atoms with van der Waals surface area (Å²) < 4.78 is 7.82. The number of nitrogens with zero attached hydrogens (tertiary/aromatic N) is 2. The molecule has 20 heavy (non-hydrogen) atoms. The number of benzene rings is 1. The van der Waals surface area contributed by atoms with Gasteiger partial charge in [-0.05, 0) is 44.0 Å². The third-order valence-electron chi connectivity index (χ3n) is 3.37. The Morgan fingerprint density at radius 2 is 1.95 bits per heavy atom. The lowest BCUT2D eigenvalue weighted by atomic mass is 10.1. The molecule has 0 aliphatic heterocycles. The fraction of sp³-hybridized carbons (Fsp3) is 0.438. The molecule has 0 aliphatic carbocycles. The summed E-state index contributed by atoms with van der Waals surface area (Å²) in [4.78, 5) is 0. The van der Waals surface area contributed by atoms with Crippen LogP contribution in [0.1, 0.15) is 43.8 Å². The molecule has 1 heterocycles. The summed E-state index contributed by atoms with van der Waals surface area (Å²) in [6.07, 6.45) is 0.948. The van der Waals surface area contributed by atoms with Crippen LogP contribution in [-0.4, -0.2) is 9.78 Å². The maximum atomic E-state index is 5.83. The molecule has 0 spiro atoms. The maximum Gasteiger partial charge on any atom is 0.130 e. The largest absolute Gasteiger partial charge is 0.487 e. The van der Waals surface area contributed by atoms with Gasteiger partial charge in [0.15, 0.2) is 0 Å². The molecule has 4 nitrogen and oxygen atoms in total. The minimum atomic E-state index is 0.0534. The van der Waals surface area contributed by atoms with Gasteiger partial charge in [-0.25, -0.2) is 0 Å². The molecular formula is C16H23N3O. The zero-order chi connectivity index (χ0) is 14.5. The minimum Gasteiger partial charge on any atom is -0.487 e. The highest BCUT2D eigenvalue weighted by Crippen LogP contribution is 2.17. The number of nitrogens with two attached hydrogens (primary N) is 1. The number of hydrogen-bond acceptors (Lipinski definition) is 3. The van der Waals surface area contributed by atoms with Gasteiger partial charge < -0.3 is 10.5 Å². The van der Waals surface area contributed by atoms with Crippen molar-refractivity contribution in [3.63, 3.8) is 0 Å². The Morgan fingerprint density at radius 1 is 1.25 bits per heavy atom. The Bertz CT molecular complexity index is 543. The topological polar surface area (TPSA) is 53.1 Å². The van der Waals surface area contributed by atoms with Crippen LogP contribution in [0.2, 0.25) is 0 Å². The van der Waals surface area contributed by atoms with Crippen LogP contribution in [0.5, 0.6) is 5.75 Å². The molecule has 1 aromatic heterocycles. The molecule has 0 amide bonds. The van der Waals surface area contributed by atoms with E-state index in [2.05, 4.69) is 25.0 Å². The summed E-state index contributed by atoms with van der Waals surface area (Å²) >= 11 is 0. The molecule has 2 N–H and O–H groups in total. The van der Waals surface area contributed by atoms with Crippen LogP contribution in [0.4, 0.5) is 0 Å². The van der Waals surface area contributed by atoms with Gasteiger partial charge in [-0.3, -0.25) is 4.68 Å². The van der Waals surface area contributed by atoms with Crippen LogP contribution in [-0.2, 0) is 19.6 Å². The van der Waals surface area contributed by atoms with Gasteiger partial charge in [0, 0.05) is 12.6 Å². The molecule has 2 rings (SSSR count). The van der Waals surface area contributed by atoms with Crippen LogP contribution in [0, 0.1) is 0 Å². The molecule has 4 heteroatoms. The van der Waals surface area contributed by atoms with Gasteiger partial charge in [0.05, 0.1) is 11.4 Å². The molecular weight excluding hydrogens is 250 g/mol. The summed E-state index contributed by atoms with van der Waals surface area (Å²) in [5.74, 6) is 0.858. The highest BCUT2D eigenvalue weighted by molar-refractivity contribution is 5.29. The Balaban J connectivity index is 2.02. The van der Waals surface area contributed by atoms with Gasteiger partial charge in [-0.15, -0.1) is 0 Å². The highest BCUT2D eigenvalue weighted by Gasteiger charge is 2.06. The molecule has 0 radical (unpaired) electrons. The van der Waals surface area contributed by atoms with Crippen molar-refractivity contribution in [2.45, 2.75) is 46.4 Å². The number of aromatic nitrogens is 2. The van der Waals surface area contributed by atoms with Gasteiger partial charge in [-0.2, -0.15) is 5.10 Å². The average molecular weight is 273 g/mol. The smallest absolute Gasteiger partial charge is 0.130 e. The van der Waals surface area contributed by atoms with E-state index >= 15 is 0 Å². The normalized spacial score (nSPS) is 12.4. The minimum absolute atomic E-state index is 0.0534. The van der Waals surface area contributed by atoms with Crippen LogP contribution in [0.25, 0.3) is 0 Å². The van der Waals surface area contributed by atoms with Gasteiger partial charge in [0.1, 0.15) is 12.4 Å². The van der Waals surface area contributed by atoms with Crippen LogP contribution in [0.15, 0.2) is 30.3 Å². The van der Waals surface area contributed by atoms with Crippen molar-refractivity contribution in [1.29, 1.82) is 0 Å². The number of aryl methyl sites for hydroxylation is 2. The maximum absolute atomic E-state index is 5.83. The summed E-state index contributed by atoms with van der Waals surface area (Å²) in [5.41, 5.74) is 9.17. The average Bonchev–Trinajstić information content (AvgIpc) is 2.88. The van der Waals surface area contributed by atoms with E-state index in [0.29, 0.717) is 6.61 Å². The van der Waals surface area contributed by atoms with Crippen molar-refractivity contribution < 1.29 is 4.74 Å². The molecule has 0 unspecified atom stereocenters. The monoisotopic (exact) mass is 273 g/mol. The van der Waals surface area contributed by atoms with E-state index in [0.717, 1.165) is 35.7 Å². The van der Waals surface area contributed by atoms with Crippen molar-refractivity contribution in [3.05, 3.63) is 47.3 Å². The Morgan fingerprint density at radius 3 is 2.50 bits per heavy atom. The lowest BCUT2D eigenvalue weighted by molar-refractivity contribution is 0.292. The Labute approximate surface area is 120 Å². The van der Waals surface area contributed by atoms with E-state index in [1.165, 1.54) is 0 Å². The van der Waals surface area contributed by atoms with Gasteiger partial charge >= 0.3 is 0 Å². The first-order valence-corrected chi connectivity index (χ1v) is 7.18. The number of ether oxygens (including phenoxy) is 1. The fourth-order valence-corrected chi connectivity index (χ4v) is 2.10. The number of hydrogen-bond donors (Lipinski definition) is 1. The Hall–Kier alpha value is -1.81. The van der Waals surface area contributed by atoms with Gasteiger partial charge in [-0.1, -0.05) is 19.1 Å². The first-order valence-electron chi connectivity index (χ1n) is 7.18. The summed E-state index contributed by atoms with van der Waals surface area (Å²) in [7, 11) is 0. The summed E-state index contributed by atoms with van der Waals surface area (Å²) in [6, 6.07) is 10.1. The van der Waals surface area contributed by atoms with E-state index in [4.69, 9.17) is 10.5 Å². The van der Waals surface area contributed by atoms with E-state index in [-0.39, 0.29) is 6.04 Å². The van der Waals surface area contributed by atoms with Crippen molar-refractivity contribution in [2.24, 2.45) is 5.73 Å². The fourth-order valence-electron chi connectivity index (χ4n) is 2.10. The predicted octanol–water partition coefficient (Wildman–Crippen LogP) is 3.06. The number of rotatable bonds is 6. The second kappa shape index (κ2) is 6.57. The van der Waals surface area contributed by atoms with Crippen molar-refractivity contribution >= 4 is 0 Å². The summed E-state index contributed by atoms with van der Waals surface area (Å²) in [5, 5.41) is 4.52. The molecule has 0 saturated heterocycles. The molecule has 0 aliphatic rings. The first kappa shape index (κ1) is 14.6. The van der Waals surface area contributed by atoms with Crippen LogP contribution < -0.4 is 10.5 Å². The molecule has 2 aromatic rings. The van der Waals surface area contributed by atoms with E-state index in [9.17, 15) is 0 Å². The van der Waals surface area contributed by atoms with Gasteiger partial charge in [0.2, 0.25) is 0 Å². The van der Waals surface area contributed by atoms with Crippen LogP contribution >= 0.6 is 0 Å². The lowest BCUT2D eigenvalue weighted by Gasteiger charge is -2.09. The second-order valence-corrected chi connectivity index (χ2v) is 4.94. The van der Waals surface area contributed by atoms with E-state index in [1.807, 2.05) is 35.9 Å². The van der Waals surface area contributed by atoms with Gasteiger partial charge in [0.25, 0.3) is 0 Å². The molecule has 0 fully saturated rings. The lowest BCUT2D eigenvalue weighted by Crippen LogP contribution is -2.07. The van der Waals surface area contributed by atoms with Crippen molar-refractivity contribution in [2.75, 3.05) is 0 Å². The van der Waals surface area contributed by atoms with E-state index in [1.54, 1.807) is 0 Å². The SMILES string of the molecule is CCc1cc(COc2ccc([C@H](C)N)cc2)n(CC)n1.